The molecule has 1 aliphatic heterocycles. The second-order valence-electron chi connectivity index (χ2n) is 4.67. The van der Waals surface area contributed by atoms with E-state index < -0.39 is 23.4 Å². The van der Waals surface area contributed by atoms with Crippen LogP contribution in [0.4, 0.5) is 5.69 Å². The fraction of sp³-hybridized carbons (Fsp3) is 0.417. The van der Waals surface area contributed by atoms with Gasteiger partial charge in [-0.3, -0.25) is 10.1 Å². The molecule has 1 fully saturated rings. The molecule has 2 N–H and O–H groups in total. The molecule has 1 aromatic carbocycles. The standard InChI is InChI=1S/C12H13N3O5/c16-6-11-10(17)4-12(20-11)14-8-2-1-3-9(15(18)19)7(8)5-13-14/h1-3,5,10-12,16-17H,4,6H2/t10-,11+,12-/m0/s1. The second kappa shape index (κ2) is 4.82. The second-order valence-corrected chi connectivity index (χ2v) is 4.67. The summed E-state index contributed by atoms with van der Waals surface area (Å²) in [5.41, 5.74) is 0.543. The van der Waals surface area contributed by atoms with Crippen LogP contribution < -0.4 is 0 Å². The molecule has 0 unspecified atom stereocenters. The molecular formula is C12H13N3O5. The monoisotopic (exact) mass is 279 g/mol. The molecule has 0 amide bonds. The van der Waals surface area contributed by atoms with Crippen LogP contribution in [0.1, 0.15) is 12.6 Å². The van der Waals surface area contributed by atoms with Crippen LogP contribution in [-0.2, 0) is 4.74 Å². The Labute approximate surface area is 113 Å². The summed E-state index contributed by atoms with van der Waals surface area (Å²) in [4.78, 5) is 10.5. The molecule has 8 heteroatoms. The van der Waals surface area contributed by atoms with Crippen molar-refractivity contribution in [2.75, 3.05) is 6.61 Å². The van der Waals surface area contributed by atoms with E-state index in [4.69, 9.17) is 9.84 Å². The summed E-state index contributed by atoms with van der Waals surface area (Å²) in [5.74, 6) is 0. The van der Waals surface area contributed by atoms with Gasteiger partial charge < -0.3 is 14.9 Å². The number of fused-ring (bicyclic) bond motifs is 1. The summed E-state index contributed by atoms with van der Waals surface area (Å²) in [5, 5.41) is 34.3. The van der Waals surface area contributed by atoms with Crippen LogP contribution in [0, 0.1) is 10.1 Å². The molecule has 1 saturated heterocycles. The lowest BCUT2D eigenvalue weighted by Crippen LogP contribution is -2.24. The Morgan fingerprint density at radius 1 is 1.55 bits per heavy atom. The number of hydrogen-bond donors (Lipinski definition) is 2. The van der Waals surface area contributed by atoms with E-state index in [-0.39, 0.29) is 18.7 Å². The lowest BCUT2D eigenvalue weighted by Gasteiger charge is -2.13. The molecule has 0 radical (unpaired) electrons. The van der Waals surface area contributed by atoms with Crippen LogP contribution >= 0.6 is 0 Å². The zero-order chi connectivity index (χ0) is 14.3. The summed E-state index contributed by atoms with van der Waals surface area (Å²) in [7, 11) is 0. The Morgan fingerprint density at radius 2 is 2.35 bits per heavy atom. The van der Waals surface area contributed by atoms with E-state index in [1.54, 1.807) is 12.1 Å². The summed E-state index contributed by atoms with van der Waals surface area (Å²) in [6, 6.07) is 4.69. The van der Waals surface area contributed by atoms with Gasteiger partial charge in [0.2, 0.25) is 0 Å². The van der Waals surface area contributed by atoms with Gasteiger partial charge >= 0.3 is 0 Å². The highest BCUT2D eigenvalue weighted by molar-refractivity contribution is 5.87. The van der Waals surface area contributed by atoms with E-state index in [2.05, 4.69) is 5.10 Å². The molecule has 3 rings (SSSR count). The number of non-ortho nitro benzene ring substituents is 1. The Balaban J connectivity index is 2.02. The van der Waals surface area contributed by atoms with Crippen molar-refractivity contribution in [2.45, 2.75) is 24.9 Å². The van der Waals surface area contributed by atoms with Gasteiger partial charge in [-0.25, -0.2) is 4.68 Å². The first-order valence-electron chi connectivity index (χ1n) is 6.17. The van der Waals surface area contributed by atoms with Gasteiger partial charge in [0, 0.05) is 12.5 Å². The summed E-state index contributed by atoms with van der Waals surface area (Å²) < 4.78 is 7.01. The van der Waals surface area contributed by atoms with Crippen molar-refractivity contribution < 1.29 is 19.9 Å². The highest BCUT2D eigenvalue weighted by Gasteiger charge is 2.35. The highest BCUT2D eigenvalue weighted by Crippen LogP contribution is 2.33. The number of ether oxygens (including phenoxy) is 1. The lowest BCUT2D eigenvalue weighted by atomic mass is 10.2. The molecule has 3 atom stereocenters. The minimum atomic E-state index is -0.775. The maximum atomic E-state index is 11.0. The van der Waals surface area contributed by atoms with Gasteiger partial charge in [-0.05, 0) is 6.07 Å². The third kappa shape index (κ3) is 1.94. The van der Waals surface area contributed by atoms with Crippen molar-refractivity contribution in [3.63, 3.8) is 0 Å². The smallest absolute Gasteiger partial charge is 0.280 e. The van der Waals surface area contributed by atoms with Crippen LogP contribution in [0.25, 0.3) is 10.9 Å². The third-order valence-corrected chi connectivity index (χ3v) is 3.47. The zero-order valence-electron chi connectivity index (χ0n) is 10.4. The van der Waals surface area contributed by atoms with Crippen LogP contribution in [-0.4, -0.2) is 43.7 Å². The molecule has 2 aromatic rings. The molecule has 106 valence electrons. The van der Waals surface area contributed by atoms with Crippen molar-refractivity contribution in [1.29, 1.82) is 0 Å². The molecule has 0 saturated carbocycles. The van der Waals surface area contributed by atoms with Crippen molar-refractivity contribution in [2.24, 2.45) is 0 Å². The third-order valence-electron chi connectivity index (χ3n) is 3.47. The fourth-order valence-corrected chi connectivity index (χ4v) is 2.47. The van der Waals surface area contributed by atoms with Crippen molar-refractivity contribution >= 4 is 16.6 Å². The van der Waals surface area contributed by atoms with Gasteiger partial charge in [-0.1, -0.05) is 6.07 Å². The molecule has 0 bridgehead atoms. The van der Waals surface area contributed by atoms with Crippen LogP contribution in [0.5, 0.6) is 0 Å². The number of hydrogen-bond acceptors (Lipinski definition) is 6. The average molecular weight is 279 g/mol. The van der Waals surface area contributed by atoms with E-state index in [9.17, 15) is 15.2 Å². The first kappa shape index (κ1) is 13.0. The summed E-state index contributed by atoms with van der Waals surface area (Å²) in [6.07, 6.45) is -0.275. The number of nitro benzene ring substituents is 1. The van der Waals surface area contributed by atoms with Crippen LogP contribution in [0.3, 0.4) is 0 Å². The predicted octanol–water partition coefficient (Wildman–Crippen LogP) is 0.585. The number of benzene rings is 1. The number of aliphatic hydroxyl groups excluding tert-OH is 2. The maximum Gasteiger partial charge on any atom is 0.280 e. The lowest BCUT2D eigenvalue weighted by molar-refractivity contribution is -0.383. The van der Waals surface area contributed by atoms with Gasteiger partial charge in [0.1, 0.15) is 6.10 Å². The van der Waals surface area contributed by atoms with Gasteiger partial charge in [0.05, 0.1) is 34.7 Å². The molecule has 1 aromatic heterocycles. The number of rotatable bonds is 3. The molecule has 20 heavy (non-hydrogen) atoms. The Hall–Kier alpha value is -2.03. The van der Waals surface area contributed by atoms with Crippen molar-refractivity contribution in [3.8, 4) is 0 Å². The molecule has 0 spiro atoms. The summed E-state index contributed by atoms with van der Waals surface area (Å²) >= 11 is 0. The van der Waals surface area contributed by atoms with E-state index in [1.165, 1.54) is 16.9 Å². The minimum absolute atomic E-state index is 0.0222. The number of nitrogens with zero attached hydrogens (tertiary/aromatic N) is 3. The van der Waals surface area contributed by atoms with E-state index in [0.29, 0.717) is 10.9 Å². The SMILES string of the molecule is O=[N+]([O-])c1cccc2c1cnn2[C@@H]1C[C@H](O)[C@@H](CO)O1. The van der Waals surface area contributed by atoms with Crippen molar-refractivity contribution in [1.82, 2.24) is 9.78 Å². The first-order chi connectivity index (χ1) is 9.61. The molecule has 1 aliphatic rings. The Morgan fingerprint density at radius 3 is 3.00 bits per heavy atom. The van der Waals surface area contributed by atoms with E-state index in [1.807, 2.05) is 0 Å². The predicted molar refractivity (Wildman–Crippen MR) is 68.0 cm³/mol. The highest BCUT2D eigenvalue weighted by atomic mass is 16.6. The Kier molecular flexibility index (Phi) is 3.13. The van der Waals surface area contributed by atoms with Crippen molar-refractivity contribution in [3.05, 3.63) is 34.5 Å². The fourth-order valence-electron chi connectivity index (χ4n) is 2.47. The minimum Gasteiger partial charge on any atom is -0.394 e. The van der Waals surface area contributed by atoms with Gasteiger partial charge in [-0.15, -0.1) is 0 Å². The molecule has 8 nitrogen and oxygen atoms in total. The molecular weight excluding hydrogens is 266 g/mol. The average Bonchev–Trinajstić information content (AvgIpc) is 3.01. The number of nitro groups is 1. The number of aliphatic hydroxyl groups is 2. The normalized spacial score (nSPS) is 26.2. The topological polar surface area (TPSA) is 111 Å². The zero-order valence-corrected chi connectivity index (χ0v) is 10.4. The van der Waals surface area contributed by atoms with Gasteiger partial charge in [0.25, 0.3) is 5.69 Å². The van der Waals surface area contributed by atoms with E-state index in [0.717, 1.165) is 0 Å². The van der Waals surface area contributed by atoms with Crippen LogP contribution in [0.15, 0.2) is 24.4 Å². The largest absolute Gasteiger partial charge is 0.394 e. The van der Waals surface area contributed by atoms with Gasteiger partial charge in [-0.2, -0.15) is 5.10 Å². The number of aromatic nitrogens is 2. The summed E-state index contributed by atoms with van der Waals surface area (Å²) in [6.45, 7) is -0.281. The molecule has 2 heterocycles. The van der Waals surface area contributed by atoms with Crippen LogP contribution in [0.2, 0.25) is 0 Å². The Bertz CT molecular complexity index is 656. The quantitative estimate of drug-likeness (QED) is 0.628. The molecule has 0 aliphatic carbocycles. The maximum absolute atomic E-state index is 11.0. The van der Waals surface area contributed by atoms with E-state index >= 15 is 0 Å². The van der Waals surface area contributed by atoms with Gasteiger partial charge in [0.15, 0.2) is 6.23 Å². The first-order valence-corrected chi connectivity index (χ1v) is 6.17.